The number of nitrogens with one attached hydrogen (secondary N) is 2. The minimum absolute atomic E-state index is 0.0332. The van der Waals surface area contributed by atoms with Gasteiger partial charge in [-0.1, -0.05) is 13.8 Å². The van der Waals surface area contributed by atoms with Crippen molar-refractivity contribution in [1.82, 2.24) is 24.8 Å². The number of imidazole rings is 1. The molecule has 1 atom stereocenters. The number of ether oxygens (including phenoxy) is 4. The number of esters is 1. The Hall–Kier alpha value is -4.32. The predicted molar refractivity (Wildman–Crippen MR) is 152 cm³/mol. The van der Waals surface area contributed by atoms with E-state index >= 15 is 0 Å². The molecule has 4 heterocycles. The lowest BCUT2D eigenvalue weighted by molar-refractivity contribution is -0.150. The van der Waals surface area contributed by atoms with E-state index in [0.717, 1.165) is 12.8 Å². The van der Waals surface area contributed by atoms with Crippen LogP contribution in [-0.2, 0) is 23.8 Å². The predicted octanol–water partition coefficient (Wildman–Crippen LogP) is 1.32. The van der Waals surface area contributed by atoms with Crippen LogP contribution >= 0.6 is 0 Å². The fraction of sp³-hybridized carbons (Fsp3) is 0.500. The molecular formula is C28H36N8O6. The Morgan fingerprint density at radius 3 is 2.67 bits per heavy atom. The number of hydrogen-bond donors (Lipinski definition) is 3. The molecule has 0 radical (unpaired) electrons. The number of carbonyl (C=O) groups excluding carboxylic acids is 2. The normalized spacial score (nSPS) is 14.4. The van der Waals surface area contributed by atoms with E-state index in [0.29, 0.717) is 47.3 Å². The summed E-state index contributed by atoms with van der Waals surface area (Å²) in [4.78, 5) is 37.6. The number of anilines is 1. The van der Waals surface area contributed by atoms with Crippen LogP contribution in [0.1, 0.15) is 32.3 Å². The van der Waals surface area contributed by atoms with Crippen molar-refractivity contribution in [2.45, 2.75) is 38.8 Å². The Labute approximate surface area is 243 Å². The molecule has 0 aliphatic carbocycles. The van der Waals surface area contributed by atoms with Crippen molar-refractivity contribution in [2.75, 3.05) is 51.5 Å². The summed E-state index contributed by atoms with van der Waals surface area (Å²) in [6.45, 7) is 5.41. The quantitative estimate of drug-likeness (QED) is 0.183. The molecule has 1 aliphatic heterocycles. The van der Waals surface area contributed by atoms with E-state index in [9.17, 15) is 9.59 Å². The van der Waals surface area contributed by atoms with Crippen LogP contribution in [0.25, 0.3) is 17.0 Å². The van der Waals surface area contributed by atoms with Crippen molar-refractivity contribution in [3.05, 3.63) is 36.3 Å². The fourth-order valence-electron chi connectivity index (χ4n) is 4.27. The molecule has 224 valence electrons. The van der Waals surface area contributed by atoms with Crippen LogP contribution in [-0.4, -0.2) is 89.7 Å². The molecule has 4 rings (SSSR count). The van der Waals surface area contributed by atoms with Gasteiger partial charge in [-0.3, -0.25) is 9.36 Å². The number of fused-ring (bicyclic) bond motifs is 1. The van der Waals surface area contributed by atoms with Crippen molar-refractivity contribution < 1.29 is 28.5 Å². The Balaban J connectivity index is 1.35. The molecule has 1 aliphatic rings. The third kappa shape index (κ3) is 8.12. The first-order valence-corrected chi connectivity index (χ1v) is 13.8. The van der Waals surface area contributed by atoms with Crippen LogP contribution in [0.3, 0.4) is 0 Å². The maximum atomic E-state index is 12.3. The highest BCUT2D eigenvalue weighted by atomic mass is 16.6. The topological polar surface area (TPSA) is 189 Å². The number of nitriles is 1. The van der Waals surface area contributed by atoms with Gasteiger partial charge in [-0.05, 0) is 30.9 Å². The third-order valence-corrected chi connectivity index (χ3v) is 6.55. The van der Waals surface area contributed by atoms with E-state index < -0.39 is 17.9 Å². The molecule has 1 amide bonds. The molecule has 0 bridgehead atoms. The second-order valence-electron chi connectivity index (χ2n) is 9.96. The molecule has 0 saturated carbocycles. The first kappa shape index (κ1) is 30.6. The lowest BCUT2D eigenvalue weighted by Gasteiger charge is -2.24. The van der Waals surface area contributed by atoms with Gasteiger partial charge in [0.2, 0.25) is 5.91 Å². The molecule has 0 unspecified atom stereocenters. The van der Waals surface area contributed by atoms with Gasteiger partial charge in [-0.25, -0.2) is 19.7 Å². The number of amides is 1. The van der Waals surface area contributed by atoms with Crippen LogP contribution in [0.4, 0.5) is 5.82 Å². The summed E-state index contributed by atoms with van der Waals surface area (Å²) < 4.78 is 24.1. The van der Waals surface area contributed by atoms with Crippen LogP contribution in [0.15, 0.2) is 30.7 Å². The first-order valence-electron chi connectivity index (χ1n) is 13.8. The zero-order chi connectivity index (χ0) is 29.9. The van der Waals surface area contributed by atoms with Crippen molar-refractivity contribution in [2.24, 2.45) is 11.7 Å². The third-order valence-electron chi connectivity index (χ3n) is 6.55. The molecule has 42 heavy (non-hydrogen) atoms. The van der Waals surface area contributed by atoms with Gasteiger partial charge in [0.1, 0.15) is 43.0 Å². The highest BCUT2D eigenvalue weighted by Crippen LogP contribution is 2.29. The highest BCUT2D eigenvalue weighted by molar-refractivity contribution is 5.85. The molecular weight excluding hydrogens is 544 g/mol. The Kier molecular flexibility index (Phi) is 11.0. The molecule has 4 N–H and O–H groups in total. The molecule has 0 aromatic carbocycles. The largest absolute Gasteiger partial charge is 0.487 e. The molecule has 1 saturated heterocycles. The molecule has 14 nitrogen and oxygen atoms in total. The van der Waals surface area contributed by atoms with Gasteiger partial charge >= 0.3 is 5.97 Å². The summed E-state index contributed by atoms with van der Waals surface area (Å²) in [6, 6.07) is 6.71. The van der Waals surface area contributed by atoms with Gasteiger partial charge in [0.15, 0.2) is 17.2 Å². The standard InChI is InChI=1S/C28H36N8O6/c1-18(2)25(34-24(37)15-30)28(38)42-12-10-40-9-11-41-22-13-21-27(35-26(22)33-20-5-7-39-8-6-20)36(17-32-21)23-4-3-19(14-29)16-31-23/h3-4,13,16-18,20,25H,5-12,15,30H2,1-2H3,(H,33,35)(H,34,37)/t25-/m0/s1. The maximum Gasteiger partial charge on any atom is 0.328 e. The van der Waals surface area contributed by atoms with Crippen LogP contribution in [0.2, 0.25) is 0 Å². The number of aromatic nitrogens is 4. The van der Waals surface area contributed by atoms with Gasteiger partial charge in [-0.15, -0.1) is 0 Å². The number of pyridine rings is 2. The van der Waals surface area contributed by atoms with E-state index in [1.165, 1.54) is 6.20 Å². The number of hydrogen-bond acceptors (Lipinski definition) is 12. The Morgan fingerprint density at radius 1 is 1.19 bits per heavy atom. The first-order chi connectivity index (χ1) is 20.4. The van der Waals surface area contributed by atoms with Crippen LogP contribution < -0.4 is 21.1 Å². The Morgan fingerprint density at radius 2 is 1.98 bits per heavy atom. The molecule has 3 aromatic rings. The van der Waals surface area contributed by atoms with Gasteiger partial charge in [0.05, 0.1) is 25.3 Å². The summed E-state index contributed by atoms with van der Waals surface area (Å²) in [6.07, 6.45) is 4.81. The fourth-order valence-corrected chi connectivity index (χ4v) is 4.27. The van der Waals surface area contributed by atoms with Gasteiger partial charge < -0.3 is 35.3 Å². The Bertz CT molecular complexity index is 1380. The van der Waals surface area contributed by atoms with Crippen molar-refractivity contribution in [3.8, 4) is 17.6 Å². The van der Waals surface area contributed by atoms with E-state index in [2.05, 4.69) is 26.7 Å². The zero-order valence-corrected chi connectivity index (χ0v) is 23.7. The van der Waals surface area contributed by atoms with E-state index in [4.69, 9.17) is 34.9 Å². The lowest BCUT2D eigenvalue weighted by atomic mass is 10.0. The van der Waals surface area contributed by atoms with Crippen LogP contribution in [0.5, 0.6) is 5.75 Å². The van der Waals surface area contributed by atoms with Gasteiger partial charge in [-0.2, -0.15) is 5.26 Å². The maximum absolute atomic E-state index is 12.3. The number of nitrogens with zero attached hydrogens (tertiary/aromatic N) is 5. The van der Waals surface area contributed by atoms with Crippen LogP contribution in [0, 0.1) is 17.2 Å². The van der Waals surface area contributed by atoms with Gasteiger partial charge in [0, 0.05) is 31.5 Å². The van der Waals surface area contributed by atoms with E-state index in [1.807, 2.05) is 19.9 Å². The van der Waals surface area contributed by atoms with Gasteiger partial charge in [0.25, 0.3) is 0 Å². The minimum atomic E-state index is -0.774. The molecule has 14 heteroatoms. The van der Waals surface area contributed by atoms with Crippen molar-refractivity contribution >= 4 is 28.9 Å². The zero-order valence-electron chi connectivity index (χ0n) is 23.7. The second-order valence-corrected chi connectivity index (χ2v) is 9.96. The monoisotopic (exact) mass is 580 g/mol. The number of nitrogens with two attached hydrogens (primary N) is 1. The summed E-state index contributed by atoms with van der Waals surface area (Å²) in [5, 5.41) is 15.1. The smallest absolute Gasteiger partial charge is 0.328 e. The second kappa shape index (κ2) is 15.1. The molecule has 0 spiro atoms. The number of carbonyl (C=O) groups is 2. The molecule has 3 aromatic heterocycles. The summed E-state index contributed by atoms with van der Waals surface area (Å²) in [5.74, 6) is 0.574. The average molecular weight is 581 g/mol. The minimum Gasteiger partial charge on any atom is -0.487 e. The average Bonchev–Trinajstić information content (AvgIpc) is 3.42. The highest BCUT2D eigenvalue weighted by Gasteiger charge is 2.25. The van der Waals surface area contributed by atoms with Crippen molar-refractivity contribution in [3.63, 3.8) is 0 Å². The number of rotatable bonds is 14. The SMILES string of the molecule is CC(C)[C@H](NC(=O)CN)C(=O)OCCOCCOc1cc2ncn(-c3ccc(C#N)cn3)c2nc1NC1CCOCC1. The van der Waals surface area contributed by atoms with Crippen molar-refractivity contribution in [1.29, 1.82) is 5.26 Å². The summed E-state index contributed by atoms with van der Waals surface area (Å²) >= 11 is 0. The summed E-state index contributed by atoms with van der Waals surface area (Å²) in [5.41, 5.74) is 6.99. The summed E-state index contributed by atoms with van der Waals surface area (Å²) in [7, 11) is 0. The lowest BCUT2D eigenvalue weighted by Crippen LogP contribution is -2.47. The van der Waals surface area contributed by atoms with E-state index in [-0.39, 0.29) is 44.9 Å². The van der Waals surface area contributed by atoms with E-state index in [1.54, 1.807) is 23.0 Å². The molecule has 1 fully saturated rings.